The van der Waals surface area contributed by atoms with Crippen LogP contribution in [0.15, 0.2) is 12.3 Å². The van der Waals surface area contributed by atoms with Gasteiger partial charge in [-0.2, -0.15) is 0 Å². The molecule has 0 saturated carbocycles. The molecule has 76 valence electrons. The van der Waals surface area contributed by atoms with E-state index in [2.05, 4.69) is 4.57 Å². The summed E-state index contributed by atoms with van der Waals surface area (Å²) in [6.45, 7) is 0.904. The van der Waals surface area contributed by atoms with Crippen LogP contribution >= 0.6 is 0 Å². The first-order valence-corrected chi connectivity index (χ1v) is 4.72. The van der Waals surface area contributed by atoms with Crippen LogP contribution in [0.25, 0.3) is 0 Å². The van der Waals surface area contributed by atoms with E-state index in [4.69, 9.17) is 10.5 Å². The van der Waals surface area contributed by atoms with E-state index in [0.717, 1.165) is 25.1 Å². The molecular weight excluding hydrogens is 180 g/mol. The maximum absolute atomic E-state index is 10.9. The van der Waals surface area contributed by atoms with Crippen molar-refractivity contribution in [3.8, 4) is 0 Å². The minimum absolute atomic E-state index is 0.276. The van der Waals surface area contributed by atoms with E-state index in [0.29, 0.717) is 5.56 Å². The molecule has 2 N–H and O–H groups in total. The Balaban J connectivity index is 2.25. The average molecular weight is 194 g/mol. The van der Waals surface area contributed by atoms with Crippen molar-refractivity contribution in [1.82, 2.24) is 4.57 Å². The highest BCUT2D eigenvalue weighted by Crippen LogP contribution is 2.19. The van der Waals surface area contributed by atoms with Gasteiger partial charge in [-0.05, 0) is 12.5 Å². The minimum Gasteiger partial charge on any atom is -0.381 e. The molecule has 0 fully saturated rings. The van der Waals surface area contributed by atoms with Gasteiger partial charge < -0.3 is 15.0 Å². The van der Waals surface area contributed by atoms with Gasteiger partial charge in [0.25, 0.3) is 0 Å². The first-order valence-electron chi connectivity index (χ1n) is 4.72. The lowest BCUT2D eigenvalue weighted by Gasteiger charge is -2.22. The van der Waals surface area contributed by atoms with Gasteiger partial charge in [-0.3, -0.25) is 4.79 Å². The van der Waals surface area contributed by atoms with Gasteiger partial charge in [-0.25, -0.2) is 0 Å². The summed E-state index contributed by atoms with van der Waals surface area (Å²) in [7, 11) is 1.72. The highest BCUT2D eigenvalue weighted by Gasteiger charge is 2.19. The quantitative estimate of drug-likeness (QED) is 0.747. The third kappa shape index (κ3) is 1.53. The van der Waals surface area contributed by atoms with Crippen molar-refractivity contribution in [2.24, 2.45) is 5.73 Å². The van der Waals surface area contributed by atoms with Crippen LogP contribution in [0, 0.1) is 0 Å². The van der Waals surface area contributed by atoms with Crippen molar-refractivity contribution in [3.63, 3.8) is 0 Å². The lowest BCUT2D eigenvalue weighted by atomic mass is 10.1. The number of amides is 1. The maximum atomic E-state index is 10.9. The molecule has 0 bridgehead atoms. The summed E-state index contributed by atoms with van der Waals surface area (Å²) in [5.41, 5.74) is 6.94. The van der Waals surface area contributed by atoms with Crippen LogP contribution in [-0.4, -0.2) is 23.7 Å². The molecule has 0 aromatic carbocycles. The zero-order valence-electron chi connectivity index (χ0n) is 8.19. The van der Waals surface area contributed by atoms with Crippen LogP contribution in [0.3, 0.4) is 0 Å². The predicted octanol–water partition coefficient (Wildman–Crippen LogP) is 0.548. The van der Waals surface area contributed by atoms with Gasteiger partial charge in [0, 0.05) is 32.0 Å². The molecule has 4 heteroatoms. The zero-order valence-corrected chi connectivity index (χ0v) is 8.19. The SMILES string of the molecule is COC1CCn2cc(C(N)=O)cc2C1. The molecule has 0 aliphatic carbocycles. The number of carbonyl (C=O) groups is 1. The fourth-order valence-electron chi connectivity index (χ4n) is 1.89. The van der Waals surface area contributed by atoms with Gasteiger partial charge in [-0.15, -0.1) is 0 Å². The van der Waals surface area contributed by atoms with E-state index in [1.54, 1.807) is 7.11 Å². The van der Waals surface area contributed by atoms with Crippen molar-refractivity contribution < 1.29 is 9.53 Å². The molecular formula is C10H14N2O2. The largest absolute Gasteiger partial charge is 0.381 e. The standard InChI is InChI=1S/C10H14N2O2/c1-14-9-2-3-12-6-7(10(11)13)4-8(12)5-9/h4,6,9H,2-3,5H2,1H3,(H2,11,13). The van der Waals surface area contributed by atoms with Gasteiger partial charge in [-0.1, -0.05) is 0 Å². The summed E-state index contributed by atoms with van der Waals surface area (Å²) < 4.78 is 7.37. The summed E-state index contributed by atoms with van der Waals surface area (Å²) in [6.07, 6.45) is 3.96. The topological polar surface area (TPSA) is 57.2 Å². The fraction of sp³-hybridized carbons (Fsp3) is 0.500. The van der Waals surface area contributed by atoms with E-state index < -0.39 is 0 Å². The second-order valence-corrected chi connectivity index (χ2v) is 3.63. The van der Waals surface area contributed by atoms with Crippen molar-refractivity contribution in [1.29, 1.82) is 0 Å². The molecule has 1 aromatic heterocycles. The number of carbonyl (C=O) groups excluding carboxylic acids is 1. The number of aromatic nitrogens is 1. The van der Waals surface area contributed by atoms with Crippen molar-refractivity contribution in [3.05, 3.63) is 23.5 Å². The number of hydrogen-bond donors (Lipinski definition) is 1. The Morgan fingerprint density at radius 3 is 3.14 bits per heavy atom. The predicted molar refractivity (Wildman–Crippen MR) is 52.1 cm³/mol. The average Bonchev–Trinajstić information content (AvgIpc) is 2.59. The van der Waals surface area contributed by atoms with E-state index in [-0.39, 0.29) is 12.0 Å². The van der Waals surface area contributed by atoms with E-state index in [1.807, 2.05) is 12.3 Å². The molecule has 0 saturated heterocycles. The molecule has 1 amide bonds. The van der Waals surface area contributed by atoms with Crippen molar-refractivity contribution in [2.75, 3.05) is 7.11 Å². The van der Waals surface area contributed by atoms with E-state index in [9.17, 15) is 4.79 Å². The van der Waals surface area contributed by atoms with Crippen LogP contribution in [0.1, 0.15) is 22.5 Å². The fourth-order valence-corrected chi connectivity index (χ4v) is 1.89. The molecule has 4 nitrogen and oxygen atoms in total. The molecule has 0 spiro atoms. The van der Waals surface area contributed by atoms with Crippen LogP contribution in [0.2, 0.25) is 0 Å². The van der Waals surface area contributed by atoms with Crippen LogP contribution in [-0.2, 0) is 17.7 Å². The van der Waals surface area contributed by atoms with Gasteiger partial charge in [0.2, 0.25) is 5.91 Å². The molecule has 1 aliphatic rings. The summed E-state index contributed by atoms with van der Waals surface area (Å²) >= 11 is 0. The summed E-state index contributed by atoms with van der Waals surface area (Å²) in [5, 5.41) is 0. The van der Waals surface area contributed by atoms with Crippen LogP contribution in [0.4, 0.5) is 0 Å². The monoisotopic (exact) mass is 194 g/mol. The number of aryl methyl sites for hydroxylation is 1. The van der Waals surface area contributed by atoms with Crippen molar-refractivity contribution >= 4 is 5.91 Å². The van der Waals surface area contributed by atoms with Gasteiger partial charge >= 0.3 is 0 Å². The number of methoxy groups -OCH3 is 1. The first-order chi connectivity index (χ1) is 6.70. The molecule has 2 heterocycles. The minimum atomic E-state index is -0.360. The molecule has 1 atom stereocenters. The zero-order chi connectivity index (χ0) is 10.1. The number of hydrogen-bond acceptors (Lipinski definition) is 2. The number of fused-ring (bicyclic) bond motifs is 1. The van der Waals surface area contributed by atoms with Gasteiger partial charge in [0.1, 0.15) is 0 Å². The molecule has 1 unspecified atom stereocenters. The van der Waals surface area contributed by atoms with E-state index in [1.165, 1.54) is 0 Å². The normalized spacial score (nSPS) is 20.5. The third-order valence-electron chi connectivity index (χ3n) is 2.73. The Labute approximate surface area is 82.6 Å². The van der Waals surface area contributed by atoms with Crippen molar-refractivity contribution in [2.45, 2.75) is 25.5 Å². The molecule has 0 radical (unpaired) electrons. The number of nitrogens with zero attached hydrogens (tertiary/aromatic N) is 1. The smallest absolute Gasteiger partial charge is 0.250 e. The molecule has 1 aromatic rings. The third-order valence-corrected chi connectivity index (χ3v) is 2.73. The highest BCUT2D eigenvalue weighted by atomic mass is 16.5. The Morgan fingerprint density at radius 1 is 1.71 bits per heavy atom. The van der Waals surface area contributed by atoms with Gasteiger partial charge in [0.05, 0.1) is 11.7 Å². The number of primary amides is 1. The Kier molecular flexibility index (Phi) is 2.29. The molecule has 14 heavy (non-hydrogen) atoms. The van der Waals surface area contributed by atoms with Crippen LogP contribution < -0.4 is 5.73 Å². The van der Waals surface area contributed by atoms with Gasteiger partial charge in [0.15, 0.2) is 0 Å². The highest BCUT2D eigenvalue weighted by molar-refractivity contribution is 5.92. The number of ether oxygens (including phenoxy) is 1. The summed E-state index contributed by atoms with van der Waals surface area (Å²) in [6, 6.07) is 1.85. The summed E-state index contributed by atoms with van der Waals surface area (Å²) in [4.78, 5) is 10.9. The second kappa shape index (κ2) is 3.46. The lowest BCUT2D eigenvalue weighted by Crippen LogP contribution is -2.24. The molecule has 1 aliphatic heterocycles. The lowest BCUT2D eigenvalue weighted by molar-refractivity contribution is 0.0809. The Morgan fingerprint density at radius 2 is 2.50 bits per heavy atom. The number of rotatable bonds is 2. The van der Waals surface area contributed by atoms with E-state index >= 15 is 0 Å². The second-order valence-electron chi connectivity index (χ2n) is 3.63. The maximum Gasteiger partial charge on any atom is 0.250 e. The summed E-state index contributed by atoms with van der Waals surface area (Å²) in [5.74, 6) is -0.360. The number of nitrogens with two attached hydrogens (primary N) is 1. The first kappa shape index (κ1) is 9.27. The van der Waals surface area contributed by atoms with Crippen LogP contribution in [0.5, 0.6) is 0 Å². The Bertz CT molecular complexity index is 357. The Hall–Kier alpha value is -1.29. The molecule has 2 rings (SSSR count).